The summed E-state index contributed by atoms with van der Waals surface area (Å²) in [5, 5.41) is 10.3. The SMILES string of the molecule is Cc1nccn1Cc1ccc(NC(=O)c2cc(-c3cccs3)nc3c2cnn3C(C)C)cc1. The highest BCUT2D eigenvalue weighted by molar-refractivity contribution is 7.13. The van der Waals surface area contributed by atoms with Crippen LogP contribution in [0, 0.1) is 6.92 Å². The highest BCUT2D eigenvalue weighted by atomic mass is 32.1. The third kappa shape index (κ3) is 4.17. The van der Waals surface area contributed by atoms with Gasteiger partial charge in [0.05, 0.1) is 27.7 Å². The van der Waals surface area contributed by atoms with Crippen LogP contribution in [0.4, 0.5) is 5.69 Å². The molecule has 1 N–H and O–H groups in total. The van der Waals surface area contributed by atoms with Gasteiger partial charge in [-0.05, 0) is 56.0 Å². The fourth-order valence-electron chi connectivity index (χ4n) is 3.79. The number of carbonyl (C=O) groups excluding carboxylic acids is 1. The second-order valence-electron chi connectivity index (χ2n) is 8.21. The first kappa shape index (κ1) is 21.1. The predicted molar refractivity (Wildman–Crippen MR) is 132 cm³/mol. The fraction of sp³-hybridized carbons (Fsp3) is 0.200. The summed E-state index contributed by atoms with van der Waals surface area (Å²) in [5.41, 5.74) is 3.93. The maximum atomic E-state index is 13.3. The van der Waals surface area contributed by atoms with Crippen LogP contribution >= 0.6 is 11.3 Å². The van der Waals surface area contributed by atoms with Gasteiger partial charge in [-0.25, -0.2) is 14.6 Å². The monoisotopic (exact) mass is 456 g/mol. The lowest BCUT2D eigenvalue weighted by molar-refractivity contribution is 0.102. The Morgan fingerprint density at radius 1 is 1.18 bits per heavy atom. The molecule has 166 valence electrons. The Balaban J connectivity index is 1.45. The van der Waals surface area contributed by atoms with Gasteiger partial charge in [-0.1, -0.05) is 18.2 Å². The van der Waals surface area contributed by atoms with Crippen molar-refractivity contribution in [2.45, 2.75) is 33.4 Å². The van der Waals surface area contributed by atoms with Gasteiger partial charge in [0, 0.05) is 30.7 Å². The molecule has 4 aromatic heterocycles. The van der Waals surface area contributed by atoms with Crippen LogP contribution in [0.1, 0.15) is 41.6 Å². The van der Waals surface area contributed by atoms with Crippen LogP contribution in [0.25, 0.3) is 21.6 Å². The predicted octanol–water partition coefficient (Wildman–Crippen LogP) is 5.55. The quantitative estimate of drug-likeness (QED) is 0.364. The Hall–Kier alpha value is -3.78. The van der Waals surface area contributed by atoms with E-state index in [0.717, 1.165) is 39.6 Å². The van der Waals surface area contributed by atoms with Crippen molar-refractivity contribution >= 4 is 34.0 Å². The number of nitrogens with zero attached hydrogens (tertiary/aromatic N) is 5. The van der Waals surface area contributed by atoms with Crippen molar-refractivity contribution in [1.82, 2.24) is 24.3 Å². The van der Waals surface area contributed by atoms with E-state index in [1.54, 1.807) is 23.7 Å². The van der Waals surface area contributed by atoms with E-state index >= 15 is 0 Å². The van der Waals surface area contributed by atoms with E-state index in [1.807, 2.05) is 65.6 Å². The number of benzene rings is 1. The molecule has 0 aliphatic heterocycles. The van der Waals surface area contributed by atoms with Crippen LogP contribution in [-0.2, 0) is 6.54 Å². The zero-order valence-corrected chi connectivity index (χ0v) is 19.5. The van der Waals surface area contributed by atoms with Gasteiger partial charge < -0.3 is 9.88 Å². The molecule has 0 aliphatic carbocycles. The van der Waals surface area contributed by atoms with Crippen molar-refractivity contribution in [3.8, 4) is 10.6 Å². The lowest BCUT2D eigenvalue weighted by Crippen LogP contribution is -2.13. The maximum absolute atomic E-state index is 13.3. The van der Waals surface area contributed by atoms with E-state index in [1.165, 1.54) is 0 Å². The number of hydrogen-bond acceptors (Lipinski definition) is 5. The van der Waals surface area contributed by atoms with Gasteiger partial charge in [0.2, 0.25) is 0 Å². The van der Waals surface area contributed by atoms with E-state index in [9.17, 15) is 4.79 Å². The summed E-state index contributed by atoms with van der Waals surface area (Å²) in [6.07, 6.45) is 5.49. The van der Waals surface area contributed by atoms with Crippen molar-refractivity contribution in [1.29, 1.82) is 0 Å². The van der Waals surface area contributed by atoms with Gasteiger partial charge in [0.25, 0.3) is 5.91 Å². The smallest absolute Gasteiger partial charge is 0.256 e. The van der Waals surface area contributed by atoms with Crippen LogP contribution in [0.2, 0.25) is 0 Å². The number of imidazole rings is 1. The van der Waals surface area contributed by atoms with Gasteiger partial charge in [-0.15, -0.1) is 11.3 Å². The van der Waals surface area contributed by atoms with E-state index in [-0.39, 0.29) is 11.9 Å². The van der Waals surface area contributed by atoms with E-state index in [2.05, 4.69) is 33.8 Å². The lowest BCUT2D eigenvalue weighted by atomic mass is 10.1. The van der Waals surface area contributed by atoms with E-state index in [4.69, 9.17) is 4.98 Å². The van der Waals surface area contributed by atoms with Crippen LogP contribution in [-0.4, -0.2) is 30.2 Å². The molecule has 4 heterocycles. The number of nitrogens with one attached hydrogen (secondary N) is 1. The molecular weight excluding hydrogens is 432 g/mol. The summed E-state index contributed by atoms with van der Waals surface area (Å²) in [7, 11) is 0. The molecule has 0 bridgehead atoms. The average Bonchev–Trinajstić information content (AvgIpc) is 3.56. The summed E-state index contributed by atoms with van der Waals surface area (Å²) in [6, 6.07) is 13.9. The summed E-state index contributed by atoms with van der Waals surface area (Å²) >= 11 is 1.60. The third-order valence-corrected chi connectivity index (χ3v) is 6.45. The normalized spacial score (nSPS) is 11.4. The minimum Gasteiger partial charge on any atom is -0.331 e. The van der Waals surface area contributed by atoms with Crippen LogP contribution in [0.3, 0.4) is 0 Å². The highest BCUT2D eigenvalue weighted by Crippen LogP contribution is 2.29. The first-order valence-corrected chi connectivity index (χ1v) is 11.7. The van der Waals surface area contributed by atoms with Gasteiger partial charge in [-0.3, -0.25) is 4.79 Å². The standard InChI is InChI=1S/C25H24N6OS/c1-16(2)31-24-21(14-27-31)20(13-22(29-24)23-5-4-12-33-23)25(32)28-19-8-6-18(7-9-19)15-30-11-10-26-17(30)3/h4-14,16H,15H2,1-3H3,(H,28,32). The van der Waals surface area contributed by atoms with Gasteiger partial charge in [0.1, 0.15) is 5.82 Å². The first-order chi connectivity index (χ1) is 16.0. The highest BCUT2D eigenvalue weighted by Gasteiger charge is 2.19. The number of amides is 1. The first-order valence-electron chi connectivity index (χ1n) is 10.8. The molecular formula is C25H24N6OS. The molecule has 1 aromatic carbocycles. The molecule has 7 nitrogen and oxygen atoms in total. The number of rotatable bonds is 6. The van der Waals surface area contributed by atoms with Gasteiger partial charge >= 0.3 is 0 Å². The molecule has 33 heavy (non-hydrogen) atoms. The van der Waals surface area contributed by atoms with Crippen LogP contribution in [0.15, 0.2) is 66.4 Å². The molecule has 5 aromatic rings. The molecule has 0 saturated carbocycles. The molecule has 0 saturated heterocycles. The Morgan fingerprint density at radius 2 is 2.00 bits per heavy atom. The largest absolute Gasteiger partial charge is 0.331 e. The molecule has 0 spiro atoms. The number of hydrogen-bond donors (Lipinski definition) is 1. The van der Waals surface area contributed by atoms with Crippen molar-refractivity contribution in [3.63, 3.8) is 0 Å². The summed E-state index contributed by atoms with van der Waals surface area (Å²) in [6.45, 7) is 6.83. The summed E-state index contributed by atoms with van der Waals surface area (Å²) in [4.78, 5) is 23.4. The zero-order valence-electron chi connectivity index (χ0n) is 18.7. The average molecular weight is 457 g/mol. The molecule has 0 atom stereocenters. The minimum atomic E-state index is -0.179. The number of anilines is 1. The fourth-order valence-corrected chi connectivity index (χ4v) is 4.48. The molecule has 0 aliphatic rings. The van der Waals surface area contributed by atoms with E-state index < -0.39 is 0 Å². The van der Waals surface area contributed by atoms with Crippen LogP contribution < -0.4 is 5.32 Å². The Bertz CT molecular complexity index is 1410. The second-order valence-corrected chi connectivity index (χ2v) is 9.15. The maximum Gasteiger partial charge on any atom is 0.256 e. The van der Waals surface area contributed by atoms with Crippen molar-refractivity contribution < 1.29 is 4.79 Å². The summed E-state index contributed by atoms with van der Waals surface area (Å²) in [5.74, 6) is 0.791. The number of thiophene rings is 1. The molecule has 0 fully saturated rings. The molecule has 1 amide bonds. The minimum absolute atomic E-state index is 0.135. The Morgan fingerprint density at radius 3 is 2.67 bits per heavy atom. The van der Waals surface area contributed by atoms with Gasteiger partial charge in [-0.2, -0.15) is 5.10 Å². The van der Waals surface area contributed by atoms with Crippen LogP contribution in [0.5, 0.6) is 0 Å². The Labute approximate surface area is 195 Å². The molecule has 0 radical (unpaired) electrons. The van der Waals surface area contributed by atoms with Crippen molar-refractivity contribution in [2.24, 2.45) is 0 Å². The molecule has 0 unspecified atom stereocenters. The lowest BCUT2D eigenvalue weighted by Gasteiger charge is -2.11. The number of pyridine rings is 1. The van der Waals surface area contributed by atoms with Crippen molar-refractivity contribution in [2.75, 3.05) is 5.32 Å². The van der Waals surface area contributed by atoms with Crippen molar-refractivity contribution in [3.05, 3.63) is 83.4 Å². The number of aryl methyl sites for hydroxylation is 1. The Kier molecular flexibility index (Phi) is 5.51. The third-order valence-electron chi connectivity index (χ3n) is 5.56. The number of aromatic nitrogens is 5. The number of fused-ring (bicyclic) bond motifs is 1. The zero-order chi connectivity index (χ0) is 22.9. The van der Waals surface area contributed by atoms with E-state index in [0.29, 0.717) is 11.2 Å². The van der Waals surface area contributed by atoms with Gasteiger partial charge in [0.15, 0.2) is 5.65 Å². The summed E-state index contributed by atoms with van der Waals surface area (Å²) < 4.78 is 3.94. The second kappa shape index (κ2) is 8.63. The molecule has 8 heteroatoms. The molecule has 5 rings (SSSR count). The topological polar surface area (TPSA) is 77.6 Å². The number of carbonyl (C=O) groups is 1.